The third-order valence-electron chi connectivity index (χ3n) is 6.28. The molecular weight excluding hydrogens is 563 g/mol. The molecule has 1 saturated heterocycles. The summed E-state index contributed by atoms with van der Waals surface area (Å²) in [6.45, 7) is 15.1. The Labute approximate surface area is 207 Å². The fourth-order valence-electron chi connectivity index (χ4n) is 4.45. The van der Waals surface area contributed by atoms with Crippen LogP contribution in [0.1, 0.15) is 35.5 Å². The molecule has 3 aromatic rings. The van der Waals surface area contributed by atoms with Crippen LogP contribution in [0.5, 0.6) is 0 Å². The third-order valence-corrected chi connectivity index (χ3v) is 7.49. The zero-order valence-corrected chi connectivity index (χ0v) is 21.6. The fourth-order valence-corrected chi connectivity index (χ4v) is 5.99. The van der Waals surface area contributed by atoms with E-state index in [9.17, 15) is 13.2 Å². The van der Waals surface area contributed by atoms with Crippen molar-refractivity contribution in [1.82, 2.24) is 14.5 Å². The molecule has 5 nitrogen and oxygen atoms in total. The van der Waals surface area contributed by atoms with Gasteiger partial charge in [0, 0.05) is 33.6 Å². The van der Waals surface area contributed by atoms with E-state index < -0.39 is 11.7 Å². The second-order valence-electron chi connectivity index (χ2n) is 8.40. The molecule has 0 bridgehead atoms. The summed E-state index contributed by atoms with van der Waals surface area (Å²) >= 11 is 6.72. The molecule has 0 spiro atoms. The lowest BCUT2D eigenvalue weighted by Gasteiger charge is -2.31. The second-order valence-corrected chi connectivity index (χ2v) is 10.1. The fraction of sp³-hybridized carbons (Fsp3) is 0.435. The zero-order chi connectivity index (χ0) is 24.1. The standard InChI is InChI=1S/C23H22Br2F3N5/c1-12-13(2)33(20-17(24)9-16(10-18(20)25)23(26,27)28)22-19(12)21(30-14(3)31-22)32-7-5-15(6-8-32)11-29-4/h9-10,15H,5-8,11H2,1-3H3. The van der Waals surface area contributed by atoms with E-state index in [-0.39, 0.29) is 0 Å². The number of benzene rings is 1. The number of anilines is 1. The molecule has 10 heteroatoms. The van der Waals surface area contributed by atoms with Gasteiger partial charge in [-0.1, -0.05) is 0 Å². The SMILES string of the molecule is [C-]#[N+]CC1CCN(c2nc(C)nc3c2c(C)c(C)n3-c2c(Br)cc(C(F)(F)F)cc2Br)CC1. The topological polar surface area (TPSA) is 38.3 Å². The maximum Gasteiger partial charge on any atom is 0.416 e. The van der Waals surface area contributed by atoms with Crippen LogP contribution in [0.15, 0.2) is 21.1 Å². The Hall–Kier alpha value is -2.12. The summed E-state index contributed by atoms with van der Waals surface area (Å²) in [6.07, 6.45) is -2.58. The number of piperidine rings is 1. The molecule has 0 aliphatic carbocycles. The molecule has 1 aromatic carbocycles. The molecule has 1 fully saturated rings. The van der Waals surface area contributed by atoms with Gasteiger partial charge in [-0.3, -0.25) is 4.57 Å². The van der Waals surface area contributed by atoms with Gasteiger partial charge in [0.2, 0.25) is 6.54 Å². The minimum absolute atomic E-state index is 0.321. The van der Waals surface area contributed by atoms with Gasteiger partial charge < -0.3 is 9.74 Å². The van der Waals surface area contributed by atoms with Crippen LogP contribution in [0.4, 0.5) is 19.0 Å². The van der Waals surface area contributed by atoms with Crippen molar-refractivity contribution >= 4 is 48.7 Å². The van der Waals surface area contributed by atoms with E-state index >= 15 is 0 Å². The molecule has 2 aromatic heterocycles. The number of alkyl halides is 3. The van der Waals surface area contributed by atoms with Crippen molar-refractivity contribution in [2.75, 3.05) is 24.5 Å². The summed E-state index contributed by atoms with van der Waals surface area (Å²) in [5, 5.41) is 0.903. The van der Waals surface area contributed by atoms with E-state index in [4.69, 9.17) is 16.5 Å². The van der Waals surface area contributed by atoms with Gasteiger partial charge in [0.1, 0.15) is 11.6 Å². The van der Waals surface area contributed by atoms with Crippen molar-refractivity contribution in [2.45, 2.75) is 39.8 Å². The largest absolute Gasteiger partial charge is 0.416 e. The molecular formula is C23H22Br2F3N5. The number of fused-ring (bicyclic) bond motifs is 1. The highest BCUT2D eigenvalue weighted by Crippen LogP contribution is 2.42. The Kier molecular flexibility index (Phi) is 6.49. The van der Waals surface area contributed by atoms with Crippen molar-refractivity contribution in [3.05, 3.63) is 55.1 Å². The average molecular weight is 585 g/mol. The first kappa shape index (κ1) is 24.0. The maximum absolute atomic E-state index is 13.3. The number of aryl methyl sites for hydroxylation is 2. The number of aromatic nitrogens is 3. The smallest absolute Gasteiger partial charge is 0.356 e. The Balaban J connectivity index is 1.88. The number of hydrogen-bond acceptors (Lipinski definition) is 3. The molecule has 1 aliphatic heterocycles. The summed E-state index contributed by atoms with van der Waals surface area (Å²) < 4.78 is 42.5. The lowest BCUT2D eigenvalue weighted by Crippen LogP contribution is -2.35. The Morgan fingerprint density at radius 3 is 2.24 bits per heavy atom. The quantitative estimate of drug-likeness (QED) is 0.310. The number of hydrogen-bond donors (Lipinski definition) is 0. The predicted octanol–water partition coefficient (Wildman–Crippen LogP) is 7.03. The molecule has 0 amide bonds. The van der Waals surface area contributed by atoms with Gasteiger partial charge in [-0.25, -0.2) is 16.5 Å². The lowest BCUT2D eigenvalue weighted by atomic mass is 9.97. The lowest BCUT2D eigenvalue weighted by molar-refractivity contribution is -0.137. The molecule has 3 heterocycles. The molecule has 33 heavy (non-hydrogen) atoms. The Morgan fingerprint density at radius 1 is 1.09 bits per heavy atom. The van der Waals surface area contributed by atoms with Crippen molar-refractivity contribution in [3.8, 4) is 5.69 Å². The molecule has 0 unspecified atom stereocenters. The highest BCUT2D eigenvalue weighted by molar-refractivity contribution is 9.11. The zero-order valence-electron chi connectivity index (χ0n) is 18.4. The monoisotopic (exact) mass is 583 g/mol. The van der Waals surface area contributed by atoms with Crippen LogP contribution >= 0.6 is 31.9 Å². The molecule has 0 atom stereocenters. The van der Waals surface area contributed by atoms with Crippen LogP contribution in [-0.4, -0.2) is 34.2 Å². The van der Waals surface area contributed by atoms with Gasteiger partial charge in [0.05, 0.1) is 16.6 Å². The molecule has 0 N–H and O–H groups in total. The third kappa shape index (κ3) is 4.37. The second kappa shape index (κ2) is 8.91. The van der Waals surface area contributed by atoms with Crippen LogP contribution in [-0.2, 0) is 6.18 Å². The minimum atomic E-state index is -4.45. The van der Waals surface area contributed by atoms with Gasteiger partial charge >= 0.3 is 6.18 Å². The molecule has 0 radical (unpaired) electrons. The van der Waals surface area contributed by atoms with Crippen LogP contribution in [0.3, 0.4) is 0 Å². The number of halogens is 5. The molecule has 1 aliphatic rings. The van der Waals surface area contributed by atoms with Gasteiger partial charge in [0.15, 0.2) is 5.65 Å². The van der Waals surface area contributed by atoms with Gasteiger partial charge in [-0.2, -0.15) is 13.2 Å². The van der Waals surface area contributed by atoms with Crippen LogP contribution < -0.4 is 4.90 Å². The highest BCUT2D eigenvalue weighted by atomic mass is 79.9. The summed E-state index contributed by atoms with van der Waals surface area (Å²) in [5.74, 6) is 1.85. The first-order valence-electron chi connectivity index (χ1n) is 10.5. The van der Waals surface area contributed by atoms with Gasteiger partial charge in [0.25, 0.3) is 0 Å². The Bertz CT molecular complexity index is 1250. The maximum atomic E-state index is 13.3. The number of nitrogens with zero attached hydrogens (tertiary/aromatic N) is 5. The van der Waals surface area contributed by atoms with Crippen molar-refractivity contribution in [1.29, 1.82) is 0 Å². The summed E-state index contributed by atoms with van der Waals surface area (Å²) in [6, 6.07) is 2.19. The first-order chi connectivity index (χ1) is 15.5. The van der Waals surface area contributed by atoms with Crippen molar-refractivity contribution < 1.29 is 13.2 Å². The van der Waals surface area contributed by atoms with E-state index in [2.05, 4.69) is 41.6 Å². The van der Waals surface area contributed by atoms with E-state index in [0.29, 0.717) is 38.6 Å². The van der Waals surface area contributed by atoms with E-state index in [1.54, 1.807) is 0 Å². The van der Waals surface area contributed by atoms with Crippen molar-refractivity contribution in [2.24, 2.45) is 5.92 Å². The van der Waals surface area contributed by atoms with Crippen molar-refractivity contribution in [3.63, 3.8) is 0 Å². The molecule has 4 rings (SSSR count). The first-order valence-corrected chi connectivity index (χ1v) is 12.1. The van der Waals surface area contributed by atoms with Crippen LogP contribution in [0, 0.1) is 33.3 Å². The Morgan fingerprint density at radius 2 is 1.70 bits per heavy atom. The van der Waals surface area contributed by atoms with E-state index in [1.165, 1.54) is 0 Å². The van der Waals surface area contributed by atoms with Gasteiger partial charge in [-0.15, -0.1) is 0 Å². The van der Waals surface area contributed by atoms with Gasteiger partial charge in [-0.05, 0) is 83.2 Å². The molecule has 174 valence electrons. The van der Waals surface area contributed by atoms with Crippen LogP contribution in [0.2, 0.25) is 0 Å². The normalized spacial score (nSPS) is 15.3. The highest BCUT2D eigenvalue weighted by Gasteiger charge is 2.33. The predicted molar refractivity (Wildman–Crippen MR) is 130 cm³/mol. The summed E-state index contributed by atoms with van der Waals surface area (Å²) in [5.41, 5.74) is 2.37. The van der Waals surface area contributed by atoms with Crippen LogP contribution in [0.25, 0.3) is 21.6 Å². The molecule has 0 saturated carbocycles. The summed E-state index contributed by atoms with van der Waals surface area (Å²) in [7, 11) is 0. The van der Waals surface area contributed by atoms with E-state index in [0.717, 1.165) is 60.5 Å². The average Bonchev–Trinajstić information content (AvgIpc) is 2.98. The number of rotatable bonds is 3. The summed E-state index contributed by atoms with van der Waals surface area (Å²) in [4.78, 5) is 15.3. The minimum Gasteiger partial charge on any atom is -0.356 e. The van der Waals surface area contributed by atoms with E-state index in [1.807, 2.05) is 25.3 Å².